The predicted molar refractivity (Wildman–Crippen MR) is 104 cm³/mol. The van der Waals surface area contributed by atoms with Crippen LogP contribution in [0.4, 0.5) is 5.69 Å². The molecule has 0 saturated heterocycles. The van der Waals surface area contributed by atoms with Gasteiger partial charge in [-0.3, -0.25) is 9.59 Å². The number of methoxy groups -OCH3 is 1. The van der Waals surface area contributed by atoms with Crippen molar-refractivity contribution in [1.82, 2.24) is 4.98 Å². The van der Waals surface area contributed by atoms with Crippen molar-refractivity contribution in [3.05, 3.63) is 40.7 Å². The Morgan fingerprint density at radius 2 is 2.04 bits per heavy atom. The van der Waals surface area contributed by atoms with Crippen molar-refractivity contribution >= 4 is 39.1 Å². The van der Waals surface area contributed by atoms with Crippen molar-refractivity contribution in [2.45, 2.75) is 24.7 Å². The number of amides is 1. The molecule has 0 spiro atoms. The average Bonchev–Trinajstić information content (AvgIpc) is 3.09. The molecule has 2 aromatic rings. The fourth-order valence-electron chi connectivity index (χ4n) is 3.37. The Hall–Kier alpha value is -3.07. The molecule has 0 saturated carbocycles. The Labute approximate surface area is 162 Å². The van der Waals surface area contributed by atoms with Gasteiger partial charge in [-0.25, -0.2) is 8.42 Å². The highest BCUT2D eigenvalue weighted by molar-refractivity contribution is 7.90. The number of hydrogen-bond acceptors (Lipinski definition) is 5. The predicted octanol–water partition coefficient (Wildman–Crippen LogP) is 2.25. The molecule has 1 amide bonds. The lowest BCUT2D eigenvalue weighted by atomic mass is 10.0. The molecule has 1 aromatic heterocycles. The van der Waals surface area contributed by atoms with E-state index in [0.29, 0.717) is 39.5 Å². The second-order valence-corrected chi connectivity index (χ2v) is 8.51. The highest BCUT2D eigenvalue weighted by atomic mass is 32.2. The van der Waals surface area contributed by atoms with Crippen molar-refractivity contribution in [2.75, 3.05) is 18.7 Å². The zero-order chi connectivity index (χ0) is 20.6. The first-order chi connectivity index (χ1) is 13.1. The molecule has 0 unspecified atom stereocenters. The fraction of sp³-hybridized carbons (Fsp3) is 0.263. The molecule has 148 valence electrons. The van der Waals surface area contributed by atoms with Crippen LogP contribution in [0.25, 0.3) is 11.6 Å². The number of carbonyl (C=O) groups excluding carboxylic acids is 1. The standard InChI is InChI=1S/C19H20N2O6S/c1-10-18(28(3,25)26)12(5-7-17(22)23)16(20-10)9-14-13-8-11(27-2)4-6-15(13)21-19(14)24/h4,6,8-9,20H,5,7H2,1-3H3,(H,21,24)(H,22,23)/b14-9-. The lowest BCUT2D eigenvalue weighted by molar-refractivity contribution is -0.137. The first-order valence-corrected chi connectivity index (χ1v) is 10.4. The van der Waals surface area contributed by atoms with Crippen molar-refractivity contribution in [3.8, 4) is 5.75 Å². The molecule has 8 nitrogen and oxygen atoms in total. The number of hydrogen-bond donors (Lipinski definition) is 3. The summed E-state index contributed by atoms with van der Waals surface area (Å²) < 4.78 is 29.7. The number of carbonyl (C=O) groups is 2. The number of nitrogens with one attached hydrogen (secondary N) is 2. The number of sulfone groups is 1. The van der Waals surface area contributed by atoms with E-state index in [1.807, 2.05) is 0 Å². The third-order valence-electron chi connectivity index (χ3n) is 4.52. The number of H-pyrrole nitrogens is 1. The normalized spacial score (nSPS) is 14.8. The molecule has 1 aliphatic heterocycles. The summed E-state index contributed by atoms with van der Waals surface area (Å²) in [4.78, 5) is 26.5. The van der Waals surface area contributed by atoms with Gasteiger partial charge in [0.2, 0.25) is 0 Å². The molecule has 3 N–H and O–H groups in total. The SMILES string of the molecule is COc1ccc2c(c1)/C(=C/c1[nH]c(C)c(S(C)(=O)=O)c1CCC(=O)O)C(=O)N2. The van der Waals surface area contributed by atoms with Gasteiger partial charge in [0.1, 0.15) is 5.75 Å². The van der Waals surface area contributed by atoms with Gasteiger partial charge in [-0.2, -0.15) is 0 Å². The number of benzene rings is 1. The zero-order valence-corrected chi connectivity index (χ0v) is 16.4. The monoisotopic (exact) mass is 404 g/mol. The van der Waals surface area contributed by atoms with E-state index < -0.39 is 15.8 Å². The molecular formula is C19H20N2O6S. The van der Waals surface area contributed by atoms with Crippen LogP contribution in [0.3, 0.4) is 0 Å². The smallest absolute Gasteiger partial charge is 0.303 e. The number of aliphatic carboxylic acids is 1. The highest BCUT2D eigenvalue weighted by Crippen LogP contribution is 2.37. The Bertz CT molecular complexity index is 1110. The van der Waals surface area contributed by atoms with Gasteiger partial charge in [0.25, 0.3) is 5.91 Å². The third kappa shape index (κ3) is 3.65. The number of anilines is 1. The summed E-state index contributed by atoms with van der Waals surface area (Å²) in [5, 5.41) is 11.8. The maximum absolute atomic E-state index is 12.5. The molecule has 0 aliphatic carbocycles. The molecule has 0 atom stereocenters. The van der Waals surface area contributed by atoms with Crippen LogP contribution in [0.15, 0.2) is 23.1 Å². The van der Waals surface area contributed by atoms with E-state index in [1.54, 1.807) is 31.2 Å². The molecule has 1 aromatic carbocycles. The Morgan fingerprint density at radius 3 is 2.64 bits per heavy atom. The fourth-order valence-corrected chi connectivity index (χ4v) is 4.64. The van der Waals surface area contributed by atoms with Crippen molar-refractivity contribution in [1.29, 1.82) is 0 Å². The van der Waals surface area contributed by atoms with Crippen molar-refractivity contribution < 1.29 is 27.9 Å². The van der Waals surface area contributed by atoms with Crippen molar-refractivity contribution in [2.24, 2.45) is 0 Å². The summed E-state index contributed by atoms with van der Waals surface area (Å²) in [5.74, 6) is -0.794. The van der Waals surface area contributed by atoms with Crippen LogP contribution in [0, 0.1) is 6.92 Å². The number of ether oxygens (including phenoxy) is 1. The largest absolute Gasteiger partial charge is 0.497 e. The highest BCUT2D eigenvalue weighted by Gasteiger charge is 2.27. The van der Waals surface area contributed by atoms with Crippen LogP contribution in [0.1, 0.15) is 28.9 Å². The van der Waals surface area contributed by atoms with Crippen molar-refractivity contribution in [3.63, 3.8) is 0 Å². The minimum Gasteiger partial charge on any atom is -0.497 e. The number of aromatic nitrogens is 1. The summed E-state index contributed by atoms with van der Waals surface area (Å²) in [6, 6.07) is 5.16. The minimum absolute atomic E-state index is 0.0216. The summed E-state index contributed by atoms with van der Waals surface area (Å²) in [5.41, 5.74) is 2.75. The number of rotatable bonds is 6. The Morgan fingerprint density at radius 1 is 1.32 bits per heavy atom. The van der Waals surface area contributed by atoms with E-state index in [1.165, 1.54) is 7.11 Å². The Balaban J connectivity index is 2.17. The van der Waals surface area contributed by atoms with E-state index in [4.69, 9.17) is 9.84 Å². The van der Waals surface area contributed by atoms with Crippen LogP contribution < -0.4 is 10.1 Å². The van der Waals surface area contributed by atoms with Gasteiger partial charge in [0, 0.05) is 35.3 Å². The average molecular weight is 404 g/mol. The van der Waals surface area contributed by atoms with Gasteiger partial charge in [-0.05, 0) is 43.2 Å². The van der Waals surface area contributed by atoms with E-state index >= 15 is 0 Å². The van der Waals surface area contributed by atoms with Crippen LogP contribution in [-0.2, 0) is 25.8 Å². The van der Waals surface area contributed by atoms with Crippen LogP contribution in [0.2, 0.25) is 0 Å². The maximum Gasteiger partial charge on any atom is 0.303 e. The Kier molecular flexibility index (Phi) is 5.03. The topological polar surface area (TPSA) is 126 Å². The number of aryl methyl sites for hydroxylation is 1. The molecular weight excluding hydrogens is 384 g/mol. The molecule has 9 heteroatoms. The number of aromatic amines is 1. The maximum atomic E-state index is 12.5. The van der Waals surface area contributed by atoms with Gasteiger partial charge < -0.3 is 20.1 Å². The van der Waals surface area contributed by atoms with Crippen LogP contribution in [0.5, 0.6) is 5.75 Å². The van der Waals surface area contributed by atoms with E-state index in [-0.39, 0.29) is 23.6 Å². The number of fused-ring (bicyclic) bond motifs is 1. The summed E-state index contributed by atoms with van der Waals surface area (Å²) in [7, 11) is -2.06. The molecule has 0 radical (unpaired) electrons. The molecule has 1 aliphatic rings. The molecule has 28 heavy (non-hydrogen) atoms. The summed E-state index contributed by atoms with van der Waals surface area (Å²) in [6.45, 7) is 1.61. The lowest BCUT2D eigenvalue weighted by Crippen LogP contribution is -2.06. The minimum atomic E-state index is -3.58. The lowest BCUT2D eigenvalue weighted by Gasteiger charge is -2.05. The summed E-state index contributed by atoms with van der Waals surface area (Å²) in [6.07, 6.45) is 2.42. The van der Waals surface area contributed by atoms with Gasteiger partial charge in [-0.1, -0.05) is 0 Å². The summed E-state index contributed by atoms with van der Waals surface area (Å²) >= 11 is 0. The van der Waals surface area contributed by atoms with E-state index in [9.17, 15) is 18.0 Å². The third-order valence-corrected chi connectivity index (χ3v) is 5.81. The second kappa shape index (κ2) is 7.16. The first kappa shape index (κ1) is 19.7. The van der Waals surface area contributed by atoms with Gasteiger partial charge in [0.15, 0.2) is 9.84 Å². The molecule has 2 heterocycles. The molecule has 0 bridgehead atoms. The van der Waals surface area contributed by atoms with E-state index in [0.717, 1.165) is 6.26 Å². The number of carboxylic acids is 1. The van der Waals surface area contributed by atoms with Gasteiger partial charge in [-0.15, -0.1) is 0 Å². The zero-order valence-electron chi connectivity index (χ0n) is 15.6. The molecule has 0 fully saturated rings. The van der Waals surface area contributed by atoms with Crippen LogP contribution in [-0.4, -0.2) is 43.8 Å². The number of carboxylic acid groups (broad SMARTS) is 1. The second-order valence-electron chi connectivity index (χ2n) is 6.56. The van der Waals surface area contributed by atoms with Crippen LogP contribution >= 0.6 is 0 Å². The molecule has 3 rings (SSSR count). The first-order valence-electron chi connectivity index (χ1n) is 8.46. The van der Waals surface area contributed by atoms with Gasteiger partial charge in [0.05, 0.1) is 17.6 Å². The van der Waals surface area contributed by atoms with E-state index in [2.05, 4.69) is 10.3 Å². The quantitative estimate of drug-likeness (QED) is 0.634. The van der Waals surface area contributed by atoms with Gasteiger partial charge >= 0.3 is 5.97 Å².